The van der Waals surface area contributed by atoms with Gasteiger partial charge >= 0.3 is 0 Å². The standard InChI is InChI=1S/C19H16FNO2S2/c1-11-16(12-5-9-15(10-6-12)25(2)23)18(24-17(11)19(21)22)13-3-7-14(20)8-4-13/h3-10H,1-2H3,(H2,21,22). The topological polar surface area (TPSA) is 60.2 Å². The summed E-state index contributed by atoms with van der Waals surface area (Å²) in [6.45, 7) is 1.85. The monoisotopic (exact) mass is 373 g/mol. The number of carbonyl (C=O) groups is 1. The maximum Gasteiger partial charge on any atom is 0.259 e. The number of rotatable bonds is 4. The zero-order valence-corrected chi connectivity index (χ0v) is 15.3. The first kappa shape index (κ1) is 17.5. The molecule has 0 saturated carbocycles. The Morgan fingerprint density at radius 1 is 1.04 bits per heavy atom. The smallest absolute Gasteiger partial charge is 0.259 e. The van der Waals surface area contributed by atoms with Crippen LogP contribution in [-0.2, 0) is 10.8 Å². The third-order valence-electron chi connectivity index (χ3n) is 3.95. The lowest BCUT2D eigenvalue weighted by atomic mass is 9.98. The summed E-state index contributed by atoms with van der Waals surface area (Å²) in [6, 6.07) is 13.5. The molecule has 0 aliphatic heterocycles. The molecule has 0 radical (unpaired) electrons. The molecule has 0 spiro atoms. The molecule has 0 aliphatic rings. The van der Waals surface area contributed by atoms with Crippen molar-refractivity contribution in [1.82, 2.24) is 0 Å². The minimum absolute atomic E-state index is 0.316. The predicted molar refractivity (Wildman–Crippen MR) is 101 cm³/mol. The van der Waals surface area contributed by atoms with Crippen molar-refractivity contribution in [2.24, 2.45) is 5.73 Å². The minimum atomic E-state index is -1.06. The molecule has 1 amide bonds. The number of primary amides is 1. The summed E-state index contributed by atoms with van der Waals surface area (Å²) < 4.78 is 24.8. The van der Waals surface area contributed by atoms with E-state index in [1.54, 1.807) is 30.5 Å². The Labute approximate surface area is 151 Å². The summed E-state index contributed by atoms with van der Waals surface area (Å²) in [6.07, 6.45) is 1.62. The van der Waals surface area contributed by atoms with Gasteiger partial charge in [-0.05, 0) is 47.9 Å². The molecule has 0 bridgehead atoms. The number of hydrogen-bond donors (Lipinski definition) is 1. The molecule has 0 fully saturated rings. The third-order valence-corrected chi connectivity index (χ3v) is 6.24. The summed E-state index contributed by atoms with van der Waals surface area (Å²) in [7, 11) is -1.06. The largest absolute Gasteiger partial charge is 0.365 e. The highest BCUT2D eigenvalue weighted by atomic mass is 32.2. The highest BCUT2D eigenvalue weighted by molar-refractivity contribution is 7.84. The molecule has 3 rings (SSSR count). The average molecular weight is 373 g/mol. The van der Waals surface area contributed by atoms with Gasteiger partial charge in [0, 0.05) is 32.4 Å². The highest BCUT2D eigenvalue weighted by Gasteiger charge is 2.20. The van der Waals surface area contributed by atoms with E-state index < -0.39 is 16.7 Å². The molecule has 3 nitrogen and oxygen atoms in total. The SMILES string of the molecule is Cc1c(C(N)=O)sc(-c2ccc(F)cc2)c1-c1ccc(S(C)=O)cc1. The quantitative estimate of drug-likeness (QED) is 0.738. The Morgan fingerprint density at radius 2 is 1.60 bits per heavy atom. The molecule has 1 atom stereocenters. The van der Waals surface area contributed by atoms with Gasteiger partial charge in [0.05, 0.1) is 4.88 Å². The van der Waals surface area contributed by atoms with Gasteiger partial charge in [-0.25, -0.2) is 4.39 Å². The molecule has 2 aromatic carbocycles. The average Bonchev–Trinajstić information content (AvgIpc) is 2.93. The van der Waals surface area contributed by atoms with Crippen molar-refractivity contribution in [3.05, 3.63) is 64.8 Å². The third kappa shape index (κ3) is 3.41. The fourth-order valence-corrected chi connectivity index (χ4v) is 4.42. The maximum atomic E-state index is 13.3. The van der Waals surface area contributed by atoms with Gasteiger partial charge in [-0.3, -0.25) is 9.00 Å². The van der Waals surface area contributed by atoms with Crippen LogP contribution in [0.25, 0.3) is 21.6 Å². The molecular formula is C19H16FNO2S2. The Bertz CT molecular complexity index is 960. The van der Waals surface area contributed by atoms with E-state index in [1.165, 1.54) is 23.5 Å². The summed E-state index contributed by atoms with van der Waals surface area (Å²) in [5.41, 5.74) is 8.91. The van der Waals surface area contributed by atoms with Gasteiger partial charge in [0.15, 0.2) is 0 Å². The summed E-state index contributed by atoms with van der Waals surface area (Å²) in [4.78, 5) is 13.9. The molecule has 2 N–H and O–H groups in total. The van der Waals surface area contributed by atoms with Crippen LogP contribution in [-0.4, -0.2) is 16.4 Å². The molecule has 25 heavy (non-hydrogen) atoms. The van der Waals surface area contributed by atoms with Crippen LogP contribution in [0.2, 0.25) is 0 Å². The number of hydrogen-bond acceptors (Lipinski definition) is 3. The van der Waals surface area contributed by atoms with Crippen molar-refractivity contribution in [1.29, 1.82) is 0 Å². The van der Waals surface area contributed by atoms with E-state index in [2.05, 4.69) is 0 Å². The van der Waals surface area contributed by atoms with E-state index in [0.717, 1.165) is 32.0 Å². The van der Waals surface area contributed by atoms with Gasteiger partial charge in [-0.1, -0.05) is 24.3 Å². The lowest BCUT2D eigenvalue weighted by molar-refractivity contribution is 0.100. The molecule has 1 unspecified atom stereocenters. The summed E-state index contributed by atoms with van der Waals surface area (Å²) in [5, 5.41) is 0. The van der Waals surface area contributed by atoms with Crippen LogP contribution in [0, 0.1) is 12.7 Å². The van der Waals surface area contributed by atoms with Crippen LogP contribution in [0.15, 0.2) is 53.4 Å². The molecule has 0 aliphatic carbocycles. The first-order valence-corrected chi connectivity index (χ1v) is 9.89. The lowest BCUT2D eigenvalue weighted by Gasteiger charge is -2.07. The number of amides is 1. The van der Waals surface area contributed by atoms with Gasteiger partial charge < -0.3 is 5.73 Å². The second-order valence-corrected chi connectivity index (χ2v) is 8.01. The van der Waals surface area contributed by atoms with Gasteiger partial charge in [0.2, 0.25) is 0 Å². The van der Waals surface area contributed by atoms with Crippen LogP contribution in [0.3, 0.4) is 0 Å². The molecule has 3 aromatic rings. The van der Waals surface area contributed by atoms with Gasteiger partial charge in [-0.15, -0.1) is 11.3 Å². The number of benzene rings is 2. The number of carbonyl (C=O) groups excluding carboxylic acids is 1. The van der Waals surface area contributed by atoms with Gasteiger partial charge in [-0.2, -0.15) is 0 Å². The van der Waals surface area contributed by atoms with Crippen molar-refractivity contribution in [2.45, 2.75) is 11.8 Å². The molecule has 1 heterocycles. The Hall–Kier alpha value is -2.31. The van der Waals surface area contributed by atoms with Crippen LogP contribution in [0.1, 0.15) is 15.2 Å². The predicted octanol–water partition coefficient (Wildman–Crippen LogP) is 4.37. The van der Waals surface area contributed by atoms with E-state index in [1.807, 2.05) is 19.1 Å². The van der Waals surface area contributed by atoms with Crippen molar-refractivity contribution in [2.75, 3.05) is 6.26 Å². The number of nitrogens with two attached hydrogens (primary N) is 1. The zero-order valence-electron chi connectivity index (χ0n) is 13.7. The second-order valence-electron chi connectivity index (χ2n) is 5.61. The fourth-order valence-electron chi connectivity index (χ4n) is 2.71. The van der Waals surface area contributed by atoms with Crippen molar-refractivity contribution < 1.29 is 13.4 Å². The van der Waals surface area contributed by atoms with Crippen LogP contribution in [0.5, 0.6) is 0 Å². The summed E-state index contributed by atoms with van der Waals surface area (Å²) >= 11 is 1.30. The molecule has 128 valence electrons. The lowest BCUT2D eigenvalue weighted by Crippen LogP contribution is -2.10. The normalized spacial score (nSPS) is 12.1. The van der Waals surface area contributed by atoms with E-state index >= 15 is 0 Å². The van der Waals surface area contributed by atoms with E-state index in [-0.39, 0.29) is 5.82 Å². The first-order chi connectivity index (χ1) is 11.9. The van der Waals surface area contributed by atoms with Crippen molar-refractivity contribution in [3.63, 3.8) is 0 Å². The molecule has 1 aromatic heterocycles. The first-order valence-electron chi connectivity index (χ1n) is 7.51. The van der Waals surface area contributed by atoms with E-state index in [9.17, 15) is 13.4 Å². The van der Waals surface area contributed by atoms with Crippen LogP contribution < -0.4 is 5.73 Å². The van der Waals surface area contributed by atoms with Gasteiger partial charge in [0.1, 0.15) is 5.82 Å². The van der Waals surface area contributed by atoms with E-state index in [4.69, 9.17) is 5.73 Å². The summed E-state index contributed by atoms with van der Waals surface area (Å²) in [5.74, 6) is -0.799. The van der Waals surface area contributed by atoms with Crippen LogP contribution in [0.4, 0.5) is 4.39 Å². The molecular weight excluding hydrogens is 357 g/mol. The number of halogens is 1. The molecule has 0 saturated heterocycles. The fraction of sp³-hybridized carbons (Fsp3) is 0.105. The van der Waals surface area contributed by atoms with Crippen molar-refractivity contribution >= 4 is 28.0 Å². The van der Waals surface area contributed by atoms with Gasteiger partial charge in [0.25, 0.3) is 5.91 Å². The van der Waals surface area contributed by atoms with Crippen LogP contribution >= 0.6 is 11.3 Å². The van der Waals surface area contributed by atoms with E-state index in [0.29, 0.717) is 4.88 Å². The Kier molecular flexibility index (Phi) is 4.83. The number of thiophene rings is 1. The molecule has 6 heteroatoms. The maximum absolute atomic E-state index is 13.3. The van der Waals surface area contributed by atoms with Crippen molar-refractivity contribution in [3.8, 4) is 21.6 Å². The minimum Gasteiger partial charge on any atom is -0.365 e. The second kappa shape index (κ2) is 6.90. The zero-order chi connectivity index (χ0) is 18.1. The Balaban J connectivity index is 2.21. The Morgan fingerprint density at radius 3 is 2.12 bits per heavy atom. The highest BCUT2D eigenvalue weighted by Crippen LogP contribution is 2.42.